The molecule has 1 fully saturated rings. The molecule has 0 radical (unpaired) electrons. The van der Waals surface area contributed by atoms with Gasteiger partial charge in [-0.15, -0.1) is 0 Å². The van der Waals surface area contributed by atoms with Crippen molar-refractivity contribution in [3.8, 4) is 11.1 Å². The van der Waals surface area contributed by atoms with Crippen molar-refractivity contribution in [2.75, 3.05) is 18.6 Å². The molecule has 0 unspecified atom stereocenters. The normalized spacial score (nSPS) is 17.5. The van der Waals surface area contributed by atoms with Gasteiger partial charge in [0.15, 0.2) is 0 Å². The van der Waals surface area contributed by atoms with E-state index in [1.807, 2.05) is 13.8 Å². The summed E-state index contributed by atoms with van der Waals surface area (Å²) in [7, 11) is 1.38. The number of carbonyl (C=O) groups excluding carboxylic acids is 2. The summed E-state index contributed by atoms with van der Waals surface area (Å²) >= 11 is 0. The van der Waals surface area contributed by atoms with Crippen LogP contribution in [0, 0.1) is 24.1 Å². The molecule has 2 aromatic carbocycles. The van der Waals surface area contributed by atoms with Gasteiger partial charge in [0.2, 0.25) is 5.91 Å². The zero-order chi connectivity index (χ0) is 36.7. The van der Waals surface area contributed by atoms with Gasteiger partial charge in [0.05, 0.1) is 40.4 Å². The lowest BCUT2D eigenvalue weighted by Crippen LogP contribution is -2.42. The first-order chi connectivity index (χ1) is 22.6. The minimum atomic E-state index is -5.08. The van der Waals surface area contributed by atoms with Gasteiger partial charge in [-0.1, -0.05) is 6.07 Å². The van der Waals surface area contributed by atoms with Gasteiger partial charge in [0.1, 0.15) is 5.82 Å². The van der Waals surface area contributed by atoms with E-state index in [0.29, 0.717) is 41.1 Å². The van der Waals surface area contributed by atoms with Crippen molar-refractivity contribution in [2.24, 2.45) is 11.3 Å². The number of benzene rings is 2. The number of esters is 1. The van der Waals surface area contributed by atoms with E-state index >= 15 is 0 Å². The molecule has 266 valence electrons. The maximum absolute atomic E-state index is 14.2. The number of carbonyl (C=O) groups is 2. The lowest BCUT2D eigenvalue weighted by atomic mass is 9.68. The minimum absolute atomic E-state index is 0.00569. The van der Waals surface area contributed by atoms with Gasteiger partial charge < -0.3 is 9.64 Å². The van der Waals surface area contributed by atoms with Crippen molar-refractivity contribution in [1.29, 1.82) is 0 Å². The molecule has 0 atom stereocenters. The smallest absolute Gasteiger partial charge is 0.416 e. The molecule has 0 spiro atoms. The number of aromatic nitrogens is 1. The van der Waals surface area contributed by atoms with Gasteiger partial charge in [0.25, 0.3) is 0 Å². The van der Waals surface area contributed by atoms with Crippen molar-refractivity contribution in [2.45, 2.75) is 90.9 Å². The average molecular weight is 695 g/mol. The SMILES string of the molecule is CCOC(=O)C(C)(C)[C@H]1CC[C@@H](c2cc(-c3ccc(F)cc3C)c(N(C)C(=O)C(C)(C)c3cc(C(F)(F)F)cc(C(F)(F)F)c3)cn2)CC1. The van der Waals surface area contributed by atoms with Crippen LogP contribution in [0.25, 0.3) is 11.1 Å². The van der Waals surface area contributed by atoms with Crippen molar-refractivity contribution < 1.29 is 45.1 Å². The molecule has 0 bridgehead atoms. The highest BCUT2D eigenvalue weighted by Crippen LogP contribution is 2.46. The zero-order valence-electron chi connectivity index (χ0n) is 28.6. The molecule has 5 nitrogen and oxygen atoms in total. The van der Waals surface area contributed by atoms with Crippen molar-refractivity contribution in [3.63, 3.8) is 0 Å². The molecule has 12 heteroatoms. The van der Waals surface area contributed by atoms with Crippen LogP contribution in [0.15, 0.2) is 48.7 Å². The van der Waals surface area contributed by atoms with E-state index in [-0.39, 0.29) is 29.6 Å². The Morgan fingerprint density at radius 3 is 1.90 bits per heavy atom. The maximum atomic E-state index is 14.2. The van der Waals surface area contributed by atoms with Crippen LogP contribution < -0.4 is 4.90 Å². The third-order valence-electron chi connectivity index (χ3n) is 9.86. The molecule has 1 aliphatic rings. The Hall–Kier alpha value is -3.96. The molecule has 1 heterocycles. The predicted molar refractivity (Wildman–Crippen MR) is 172 cm³/mol. The third kappa shape index (κ3) is 7.94. The molecular formula is C37H41F7N2O3. The number of hydrogen-bond acceptors (Lipinski definition) is 4. The predicted octanol–water partition coefficient (Wildman–Crippen LogP) is 10.0. The van der Waals surface area contributed by atoms with Gasteiger partial charge in [-0.3, -0.25) is 14.6 Å². The molecule has 4 rings (SSSR count). The third-order valence-corrected chi connectivity index (χ3v) is 9.86. The number of hydrogen-bond donors (Lipinski definition) is 0. The lowest BCUT2D eigenvalue weighted by Gasteiger charge is -2.37. The van der Waals surface area contributed by atoms with Crippen LogP contribution in [0.4, 0.5) is 36.4 Å². The molecule has 1 amide bonds. The highest BCUT2D eigenvalue weighted by molar-refractivity contribution is 6.03. The number of rotatable bonds is 8. The number of ether oxygens (including phenoxy) is 1. The van der Waals surface area contributed by atoms with Crippen LogP contribution in [0.5, 0.6) is 0 Å². The quantitative estimate of drug-likeness (QED) is 0.174. The summed E-state index contributed by atoms with van der Waals surface area (Å²) in [4.78, 5) is 32.5. The highest BCUT2D eigenvalue weighted by Gasteiger charge is 2.42. The summed E-state index contributed by atoms with van der Waals surface area (Å²) in [6.07, 6.45) is -5.77. The number of amides is 1. The Morgan fingerprint density at radius 2 is 1.39 bits per heavy atom. The molecular weight excluding hydrogens is 653 g/mol. The van der Waals surface area contributed by atoms with E-state index in [2.05, 4.69) is 4.98 Å². The monoisotopic (exact) mass is 694 g/mol. The number of likely N-dealkylation sites (N-methyl/N-ethyl adjacent to an activating group) is 1. The molecule has 1 aromatic heterocycles. The number of anilines is 1. The summed E-state index contributed by atoms with van der Waals surface area (Å²) in [6, 6.07) is 7.10. The van der Waals surface area contributed by atoms with E-state index in [1.165, 1.54) is 44.1 Å². The first-order valence-corrected chi connectivity index (χ1v) is 16.1. The molecule has 49 heavy (non-hydrogen) atoms. The van der Waals surface area contributed by atoms with Gasteiger partial charge in [-0.25, -0.2) is 4.39 Å². The topological polar surface area (TPSA) is 59.5 Å². The van der Waals surface area contributed by atoms with Crippen LogP contribution in [-0.4, -0.2) is 30.5 Å². The second-order valence-electron chi connectivity index (χ2n) is 13.9. The zero-order valence-corrected chi connectivity index (χ0v) is 28.6. The fourth-order valence-corrected chi connectivity index (χ4v) is 6.66. The van der Waals surface area contributed by atoms with Gasteiger partial charge in [-0.2, -0.15) is 26.3 Å². The van der Waals surface area contributed by atoms with Crippen LogP contribution in [0.1, 0.15) is 94.2 Å². The Kier molecular flexibility index (Phi) is 10.6. The molecule has 3 aromatic rings. The van der Waals surface area contributed by atoms with Gasteiger partial charge in [-0.05, 0) is 126 Å². The maximum Gasteiger partial charge on any atom is 0.416 e. The molecule has 1 aliphatic carbocycles. The fourth-order valence-electron chi connectivity index (χ4n) is 6.66. The average Bonchev–Trinajstić information content (AvgIpc) is 3.03. The molecule has 0 aliphatic heterocycles. The van der Waals surface area contributed by atoms with Crippen LogP contribution >= 0.6 is 0 Å². The minimum Gasteiger partial charge on any atom is -0.466 e. The van der Waals surface area contributed by atoms with E-state index < -0.39 is 51.6 Å². The largest absolute Gasteiger partial charge is 0.466 e. The number of aryl methyl sites for hydroxylation is 1. The molecule has 0 saturated heterocycles. The van der Waals surface area contributed by atoms with Crippen molar-refractivity contribution in [3.05, 3.63) is 82.4 Å². The first-order valence-electron chi connectivity index (χ1n) is 16.1. The van der Waals surface area contributed by atoms with E-state index in [4.69, 9.17) is 4.74 Å². The van der Waals surface area contributed by atoms with Crippen molar-refractivity contribution >= 4 is 17.6 Å². The van der Waals surface area contributed by atoms with E-state index in [1.54, 1.807) is 26.0 Å². The standard InChI is InChI=1S/C37H41F7N2O3/c1-8-49-33(48)35(5,6)23-11-9-22(10-12-23)30-19-29(28-14-13-27(38)15-21(28)2)31(20-45-30)46(7)32(47)34(3,4)24-16-25(36(39,40)41)18-26(17-24)37(42,43)44/h13-20,22-23H,8-12H2,1-7H3/t22-,23+. The van der Waals surface area contributed by atoms with Gasteiger partial charge >= 0.3 is 18.3 Å². The number of pyridine rings is 1. The molecule has 0 N–H and O–H groups in total. The first kappa shape index (κ1) is 37.9. The summed E-state index contributed by atoms with van der Waals surface area (Å²) in [5.41, 5.74) is -3.41. The summed E-state index contributed by atoms with van der Waals surface area (Å²) in [5, 5.41) is 0. The number of nitrogens with zero attached hydrogens (tertiary/aromatic N) is 2. The molecule has 1 saturated carbocycles. The van der Waals surface area contributed by atoms with Crippen LogP contribution in [-0.2, 0) is 32.1 Å². The van der Waals surface area contributed by atoms with Crippen molar-refractivity contribution in [1.82, 2.24) is 4.98 Å². The summed E-state index contributed by atoms with van der Waals surface area (Å²) in [5.74, 6) is -1.40. The van der Waals surface area contributed by atoms with Crippen LogP contribution in [0.2, 0.25) is 0 Å². The Morgan fingerprint density at radius 1 is 0.837 bits per heavy atom. The number of halogens is 7. The lowest BCUT2D eigenvalue weighted by molar-refractivity contribution is -0.157. The van der Waals surface area contributed by atoms with E-state index in [9.17, 15) is 40.3 Å². The highest BCUT2D eigenvalue weighted by atomic mass is 19.4. The van der Waals surface area contributed by atoms with Crippen LogP contribution in [0.3, 0.4) is 0 Å². The van der Waals surface area contributed by atoms with E-state index in [0.717, 1.165) is 25.7 Å². The Balaban J connectivity index is 1.74. The second-order valence-corrected chi connectivity index (χ2v) is 13.9. The Labute approximate surface area is 281 Å². The fraction of sp³-hybridized carbons (Fsp3) is 0.486. The van der Waals surface area contributed by atoms with Gasteiger partial charge in [0, 0.05) is 24.2 Å². The number of alkyl halides is 6. The Bertz CT molecular complexity index is 1670. The summed E-state index contributed by atoms with van der Waals surface area (Å²) in [6.45, 7) is 10.1. The second kappa shape index (κ2) is 13.7. The summed E-state index contributed by atoms with van der Waals surface area (Å²) < 4.78 is 102.